The number of aromatic nitrogens is 1. The Bertz CT molecular complexity index is 296. The van der Waals surface area contributed by atoms with Crippen molar-refractivity contribution < 1.29 is 0 Å². The largest absolute Gasteiger partial charge is 0.313 e. The number of hydrogen-bond donors (Lipinski definition) is 1. The van der Waals surface area contributed by atoms with Gasteiger partial charge in [-0.15, -0.1) is 0 Å². The van der Waals surface area contributed by atoms with Crippen LogP contribution < -0.4 is 5.32 Å². The second-order valence-corrected chi connectivity index (χ2v) is 4.27. The lowest BCUT2D eigenvalue weighted by molar-refractivity contribution is 0.420. The average molecular weight is 206 g/mol. The number of nitrogens with one attached hydrogen (secondary N) is 1. The highest BCUT2D eigenvalue weighted by Crippen LogP contribution is 2.23. The molecule has 0 fully saturated rings. The van der Waals surface area contributed by atoms with Gasteiger partial charge in [0, 0.05) is 17.9 Å². The number of rotatable bonds is 5. The van der Waals surface area contributed by atoms with Gasteiger partial charge >= 0.3 is 0 Å². The van der Waals surface area contributed by atoms with Crippen LogP contribution in [0.15, 0.2) is 18.3 Å². The second-order valence-electron chi connectivity index (χ2n) is 4.27. The van der Waals surface area contributed by atoms with Gasteiger partial charge in [0.25, 0.3) is 0 Å². The molecular formula is C13H22N2. The average Bonchev–Trinajstić information content (AvgIpc) is 2.26. The minimum atomic E-state index is 0.439. The Kier molecular flexibility index (Phi) is 4.76. The number of hydrogen-bond acceptors (Lipinski definition) is 2. The molecule has 0 amide bonds. The summed E-state index contributed by atoms with van der Waals surface area (Å²) in [5, 5.41) is 3.38. The minimum Gasteiger partial charge on any atom is -0.313 e. The zero-order valence-corrected chi connectivity index (χ0v) is 10.2. The molecule has 15 heavy (non-hydrogen) atoms. The molecule has 2 unspecified atom stereocenters. The van der Waals surface area contributed by atoms with Gasteiger partial charge in [-0.1, -0.05) is 26.3 Å². The molecule has 0 aromatic carbocycles. The van der Waals surface area contributed by atoms with Gasteiger partial charge < -0.3 is 5.32 Å². The van der Waals surface area contributed by atoms with Crippen LogP contribution in [0, 0.1) is 12.8 Å². The molecule has 1 aromatic heterocycles. The van der Waals surface area contributed by atoms with E-state index in [4.69, 9.17) is 0 Å². The predicted octanol–water partition coefficient (Wildman–Crippen LogP) is 3.09. The van der Waals surface area contributed by atoms with Crippen molar-refractivity contribution in [1.82, 2.24) is 10.3 Å². The molecule has 0 aliphatic carbocycles. The fourth-order valence-corrected chi connectivity index (χ4v) is 1.83. The van der Waals surface area contributed by atoms with Crippen LogP contribution in [0.25, 0.3) is 0 Å². The van der Waals surface area contributed by atoms with Gasteiger partial charge in [0.05, 0.1) is 0 Å². The van der Waals surface area contributed by atoms with Gasteiger partial charge in [-0.3, -0.25) is 4.98 Å². The molecule has 1 N–H and O–H groups in total. The summed E-state index contributed by atoms with van der Waals surface area (Å²) in [6.45, 7) is 6.62. The molecule has 0 aliphatic heterocycles. The third kappa shape index (κ3) is 3.31. The molecule has 0 spiro atoms. The van der Waals surface area contributed by atoms with Crippen LogP contribution in [0.3, 0.4) is 0 Å². The summed E-state index contributed by atoms with van der Waals surface area (Å²) < 4.78 is 0. The summed E-state index contributed by atoms with van der Waals surface area (Å²) in [7, 11) is 2.03. The summed E-state index contributed by atoms with van der Waals surface area (Å²) >= 11 is 0. The van der Waals surface area contributed by atoms with E-state index in [0.29, 0.717) is 6.04 Å². The lowest BCUT2D eigenvalue weighted by atomic mass is 9.94. The van der Waals surface area contributed by atoms with Gasteiger partial charge in [-0.25, -0.2) is 0 Å². The van der Waals surface area contributed by atoms with Crippen molar-refractivity contribution in [3.63, 3.8) is 0 Å². The van der Waals surface area contributed by atoms with Crippen LogP contribution in [0.1, 0.15) is 44.0 Å². The zero-order chi connectivity index (χ0) is 11.3. The third-order valence-electron chi connectivity index (χ3n) is 3.11. The van der Waals surface area contributed by atoms with Crippen molar-refractivity contribution in [2.75, 3.05) is 7.05 Å². The summed E-state index contributed by atoms with van der Waals surface area (Å²) in [6.07, 6.45) is 4.27. The lowest BCUT2D eigenvalue weighted by Gasteiger charge is -2.21. The van der Waals surface area contributed by atoms with Crippen LogP contribution in [-0.2, 0) is 0 Å². The van der Waals surface area contributed by atoms with Gasteiger partial charge in [-0.05, 0) is 37.9 Å². The van der Waals surface area contributed by atoms with Crippen LogP contribution >= 0.6 is 0 Å². The highest BCUT2D eigenvalue weighted by Gasteiger charge is 2.14. The van der Waals surface area contributed by atoms with Gasteiger partial charge in [0.1, 0.15) is 0 Å². The van der Waals surface area contributed by atoms with E-state index in [-0.39, 0.29) is 0 Å². The molecule has 0 bridgehead atoms. The Labute approximate surface area is 93.1 Å². The van der Waals surface area contributed by atoms with E-state index < -0.39 is 0 Å². The first-order valence-corrected chi connectivity index (χ1v) is 5.77. The molecule has 84 valence electrons. The SMILES string of the molecule is CCC(C)CC(NC)c1cccnc1C. The highest BCUT2D eigenvalue weighted by atomic mass is 14.9. The fraction of sp³-hybridized carbons (Fsp3) is 0.615. The number of nitrogens with zero attached hydrogens (tertiary/aromatic N) is 1. The number of pyridine rings is 1. The Morgan fingerprint density at radius 3 is 2.73 bits per heavy atom. The van der Waals surface area contributed by atoms with Crippen LogP contribution in [-0.4, -0.2) is 12.0 Å². The number of aryl methyl sites for hydroxylation is 1. The molecule has 1 rings (SSSR count). The van der Waals surface area contributed by atoms with Crippen molar-refractivity contribution in [3.8, 4) is 0 Å². The molecule has 0 radical (unpaired) electrons. The topological polar surface area (TPSA) is 24.9 Å². The summed E-state index contributed by atoms with van der Waals surface area (Å²) in [5.41, 5.74) is 2.47. The maximum Gasteiger partial charge on any atom is 0.0420 e. The van der Waals surface area contributed by atoms with E-state index in [1.807, 2.05) is 19.3 Å². The van der Waals surface area contributed by atoms with Crippen LogP contribution in [0.4, 0.5) is 0 Å². The van der Waals surface area contributed by atoms with Crippen molar-refractivity contribution in [3.05, 3.63) is 29.6 Å². The Balaban J connectivity index is 2.78. The fourth-order valence-electron chi connectivity index (χ4n) is 1.83. The maximum absolute atomic E-state index is 4.34. The molecule has 2 heteroatoms. The third-order valence-corrected chi connectivity index (χ3v) is 3.11. The second kappa shape index (κ2) is 5.86. The van der Waals surface area contributed by atoms with E-state index in [1.54, 1.807) is 0 Å². The zero-order valence-electron chi connectivity index (χ0n) is 10.2. The molecule has 0 aliphatic rings. The Morgan fingerprint density at radius 1 is 1.47 bits per heavy atom. The van der Waals surface area contributed by atoms with Gasteiger partial charge in [0.2, 0.25) is 0 Å². The van der Waals surface area contributed by atoms with Gasteiger partial charge in [0.15, 0.2) is 0 Å². The first-order chi connectivity index (χ1) is 7.19. The van der Waals surface area contributed by atoms with E-state index in [9.17, 15) is 0 Å². The van der Waals surface area contributed by atoms with Crippen molar-refractivity contribution in [2.24, 2.45) is 5.92 Å². The Morgan fingerprint density at radius 2 is 2.20 bits per heavy atom. The van der Waals surface area contributed by atoms with Crippen LogP contribution in [0.2, 0.25) is 0 Å². The van der Waals surface area contributed by atoms with E-state index in [2.05, 4.69) is 37.1 Å². The maximum atomic E-state index is 4.34. The summed E-state index contributed by atoms with van der Waals surface area (Å²) in [6, 6.07) is 4.63. The molecule has 1 heterocycles. The normalized spacial score (nSPS) is 14.9. The van der Waals surface area contributed by atoms with E-state index in [1.165, 1.54) is 18.4 Å². The smallest absolute Gasteiger partial charge is 0.0420 e. The highest BCUT2D eigenvalue weighted by molar-refractivity contribution is 5.22. The van der Waals surface area contributed by atoms with Crippen molar-refractivity contribution in [2.45, 2.75) is 39.7 Å². The summed E-state index contributed by atoms with van der Waals surface area (Å²) in [4.78, 5) is 4.34. The molecular weight excluding hydrogens is 184 g/mol. The van der Waals surface area contributed by atoms with Gasteiger partial charge in [-0.2, -0.15) is 0 Å². The first-order valence-electron chi connectivity index (χ1n) is 5.77. The molecule has 2 atom stereocenters. The lowest BCUT2D eigenvalue weighted by Crippen LogP contribution is -2.20. The quantitative estimate of drug-likeness (QED) is 0.800. The van der Waals surface area contributed by atoms with Crippen molar-refractivity contribution >= 4 is 0 Å². The van der Waals surface area contributed by atoms with Crippen molar-refractivity contribution in [1.29, 1.82) is 0 Å². The first kappa shape index (κ1) is 12.2. The monoisotopic (exact) mass is 206 g/mol. The van der Waals surface area contributed by atoms with E-state index in [0.717, 1.165) is 11.6 Å². The van der Waals surface area contributed by atoms with E-state index >= 15 is 0 Å². The minimum absolute atomic E-state index is 0.439. The van der Waals surface area contributed by atoms with Crippen LogP contribution in [0.5, 0.6) is 0 Å². The predicted molar refractivity (Wildman–Crippen MR) is 64.8 cm³/mol. The molecule has 1 aromatic rings. The molecule has 2 nitrogen and oxygen atoms in total. The molecule has 0 saturated heterocycles. The Hall–Kier alpha value is -0.890. The summed E-state index contributed by atoms with van der Waals surface area (Å²) in [5.74, 6) is 0.752. The molecule has 0 saturated carbocycles. The standard InChI is InChI=1S/C13H22N2/c1-5-10(2)9-13(14-4)12-7-6-8-15-11(12)3/h6-8,10,13-14H,5,9H2,1-4H3.